The first-order chi connectivity index (χ1) is 21.3. The molecule has 2 aliphatic heterocycles. The number of nitrogens with zero attached hydrogens (tertiary/aromatic N) is 3. The Bertz CT molecular complexity index is 1700. The Labute approximate surface area is 279 Å². The van der Waals surface area contributed by atoms with Crippen LogP contribution in [0, 0.1) is 0 Å². The summed E-state index contributed by atoms with van der Waals surface area (Å²) in [5, 5.41) is 15.6. The molecule has 2 saturated heterocycles. The average Bonchev–Trinajstić information content (AvgIpc) is 3.38. The van der Waals surface area contributed by atoms with Gasteiger partial charge in [-0.2, -0.15) is 4.31 Å². The second-order valence-corrected chi connectivity index (χ2v) is 14.3. The number of hydrogen-bond acceptors (Lipinski definition) is 7. The fourth-order valence-corrected chi connectivity index (χ4v) is 8.22. The number of likely N-dealkylation sites (tertiary alicyclic amines) is 1. The molecule has 0 radical (unpaired) electrons. The number of halogens is 4. The Morgan fingerprint density at radius 3 is 2.16 bits per heavy atom. The van der Waals surface area contributed by atoms with Gasteiger partial charge >= 0.3 is 5.97 Å². The van der Waals surface area contributed by atoms with Crippen molar-refractivity contribution < 1.29 is 27.9 Å². The third-order valence-corrected chi connectivity index (χ3v) is 10.6. The van der Waals surface area contributed by atoms with Crippen LogP contribution in [0.4, 0.5) is 5.69 Å². The van der Waals surface area contributed by atoms with E-state index >= 15 is 0 Å². The number of aromatic nitrogens is 1. The quantitative estimate of drug-likeness (QED) is 0.276. The van der Waals surface area contributed by atoms with Crippen LogP contribution in [0.2, 0.25) is 20.1 Å². The monoisotopic (exact) mass is 713 g/mol. The molecule has 0 bridgehead atoms. The van der Waals surface area contributed by atoms with Gasteiger partial charge in [0.05, 0.1) is 20.5 Å². The minimum Gasteiger partial charge on any atom is -0.480 e. The number of carboxylic acids is 1. The molecule has 2 fully saturated rings. The molecule has 0 aliphatic carbocycles. The number of carbonyl (C=O) groups excluding carboxylic acids is 2. The Balaban J connectivity index is 1.30. The summed E-state index contributed by atoms with van der Waals surface area (Å²) >= 11 is 24.3. The summed E-state index contributed by atoms with van der Waals surface area (Å²) in [6.45, 7) is 1.63. The molecule has 1 aromatic heterocycles. The van der Waals surface area contributed by atoms with Crippen molar-refractivity contribution in [1.29, 1.82) is 0 Å². The molecule has 5 rings (SSSR count). The van der Waals surface area contributed by atoms with E-state index in [0.29, 0.717) is 11.3 Å². The third kappa shape index (κ3) is 7.54. The highest BCUT2D eigenvalue weighted by molar-refractivity contribution is 7.89. The average molecular weight is 715 g/mol. The van der Waals surface area contributed by atoms with E-state index in [-0.39, 0.29) is 56.0 Å². The van der Waals surface area contributed by atoms with Crippen molar-refractivity contribution >= 4 is 79.9 Å². The minimum atomic E-state index is -4.21. The fourth-order valence-electron chi connectivity index (χ4n) is 5.32. The van der Waals surface area contributed by atoms with Crippen molar-refractivity contribution in [3.05, 3.63) is 86.1 Å². The number of nitrogens with one attached hydrogen (secondary N) is 2. The molecule has 238 valence electrons. The largest absolute Gasteiger partial charge is 0.480 e. The Kier molecular flexibility index (Phi) is 10.2. The van der Waals surface area contributed by atoms with Crippen LogP contribution in [0.5, 0.6) is 0 Å². The Hall–Kier alpha value is -2.97. The van der Waals surface area contributed by atoms with Crippen LogP contribution >= 0.6 is 46.4 Å². The molecule has 3 aromatic rings. The van der Waals surface area contributed by atoms with E-state index < -0.39 is 39.9 Å². The van der Waals surface area contributed by atoms with E-state index in [1.807, 2.05) is 0 Å². The van der Waals surface area contributed by atoms with Crippen LogP contribution in [0.25, 0.3) is 0 Å². The summed E-state index contributed by atoms with van der Waals surface area (Å²) in [6.07, 6.45) is 3.66. The zero-order valence-corrected chi connectivity index (χ0v) is 27.3. The van der Waals surface area contributed by atoms with Gasteiger partial charge in [0.2, 0.25) is 15.9 Å². The summed E-state index contributed by atoms with van der Waals surface area (Å²) < 4.78 is 28.5. The molecule has 3 atom stereocenters. The first-order valence-electron chi connectivity index (χ1n) is 13.8. The lowest BCUT2D eigenvalue weighted by atomic mass is 10.0. The molecular weight excluding hydrogens is 688 g/mol. The number of benzene rings is 2. The van der Waals surface area contributed by atoms with E-state index in [1.165, 1.54) is 30.6 Å². The lowest BCUT2D eigenvalue weighted by molar-refractivity contribution is -0.142. The highest BCUT2D eigenvalue weighted by atomic mass is 35.5. The topological polar surface area (TPSA) is 149 Å². The smallest absolute Gasteiger partial charge is 0.326 e. The van der Waals surface area contributed by atoms with E-state index in [0.717, 1.165) is 23.8 Å². The number of hydrogen-bond donors (Lipinski definition) is 3. The highest BCUT2D eigenvalue weighted by Gasteiger charge is 2.47. The summed E-state index contributed by atoms with van der Waals surface area (Å²) in [4.78, 5) is 44.2. The van der Waals surface area contributed by atoms with Gasteiger partial charge in [0.25, 0.3) is 5.91 Å². The molecule has 45 heavy (non-hydrogen) atoms. The van der Waals surface area contributed by atoms with Gasteiger partial charge in [-0.05, 0) is 61.8 Å². The number of sulfonamides is 1. The van der Waals surface area contributed by atoms with E-state index in [1.54, 1.807) is 24.3 Å². The standard InChI is InChI=1S/C29H27Cl4N5O6S/c30-17-9-18(31)11-21(10-17)45(43,44)38-15-20(37-6-1-7-37)12-25(38)27(39)36-24(29(41)42)8-16-2-4-19(5-3-16)35-28(40)26-22(32)13-34-14-23(26)33/h2-5,9-11,13-14,20,24-25H,1,6-8,12,15H2,(H,35,40)(H,36,39)(H,41,42)/t20-,24+,25?/m1/s1. The van der Waals surface area contributed by atoms with Crippen LogP contribution in [0.1, 0.15) is 28.8 Å². The third-order valence-electron chi connectivity index (χ3n) is 7.73. The zero-order valence-electron chi connectivity index (χ0n) is 23.4. The molecule has 0 saturated carbocycles. The highest BCUT2D eigenvalue weighted by Crippen LogP contribution is 2.33. The maximum Gasteiger partial charge on any atom is 0.326 e. The number of carbonyl (C=O) groups is 3. The van der Waals surface area contributed by atoms with Crippen molar-refractivity contribution in [2.45, 2.75) is 42.3 Å². The molecule has 1 unspecified atom stereocenters. The molecule has 16 heteroatoms. The van der Waals surface area contributed by atoms with Gasteiger partial charge in [0.1, 0.15) is 12.1 Å². The van der Waals surface area contributed by atoms with Gasteiger partial charge in [0, 0.05) is 47.1 Å². The second-order valence-electron chi connectivity index (χ2n) is 10.7. The fraction of sp³-hybridized carbons (Fsp3) is 0.310. The number of carboxylic acid groups (broad SMARTS) is 1. The number of pyridine rings is 1. The Morgan fingerprint density at radius 1 is 0.978 bits per heavy atom. The van der Waals surface area contributed by atoms with Gasteiger partial charge in [-0.1, -0.05) is 58.5 Å². The molecule has 3 heterocycles. The van der Waals surface area contributed by atoms with E-state index in [4.69, 9.17) is 46.4 Å². The van der Waals surface area contributed by atoms with E-state index in [9.17, 15) is 27.9 Å². The van der Waals surface area contributed by atoms with Crippen molar-refractivity contribution in [2.24, 2.45) is 0 Å². The second kappa shape index (κ2) is 13.8. The van der Waals surface area contributed by atoms with Crippen LogP contribution in [0.3, 0.4) is 0 Å². The molecule has 3 N–H and O–H groups in total. The summed E-state index contributed by atoms with van der Waals surface area (Å²) in [7, 11) is -4.21. The van der Waals surface area contributed by atoms with Crippen LogP contribution in [-0.4, -0.2) is 83.3 Å². The Morgan fingerprint density at radius 2 is 1.60 bits per heavy atom. The molecular formula is C29H27Cl4N5O6S. The van der Waals surface area contributed by atoms with Crippen LogP contribution in [0.15, 0.2) is 59.8 Å². The van der Waals surface area contributed by atoms with Crippen LogP contribution in [-0.2, 0) is 26.0 Å². The van der Waals surface area contributed by atoms with Gasteiger partial charge in [-0.3, -0.25) is 19.5 Å². The molecule has 2 aromatic carbocycles. The first kappa shape index (κ1) is 33.4. The van der Waals surface area contributed by atoms with Crippen molar-refractivity contribution in [3.63, 3.8) is 0 Å². The summed E-state index contributed by atoms with van der Waals surface area (Å²) in [5.74, 6) is -2.57. The predicted molar refractivity (Wildman–Crippen MR) is 171 cm³/mol. The predicted octanol–water partition coefficient (Wildman–Crippen LogP) is 4.60. The number of rotatable bonds is 10. The zero-order chi connectivity index (χ0) is 32.5. The summed E-state index contributed by atoms with van der Waals surface area (Å²) in [6, 6.07) is 7.55. The molecule has 2 amide bonds. The number of amides is 2. The number of anilines is 1. The van der Waals surface area contributed by atoms with E-state index in [2.05, 4.69) is 20.5 Å². The summed E-state index contributed by atoms with van der Waals surface area (Å²) in [5.41, 5.74) is 1.00. The molecule has 11 nitrogen and oxygen atoms in total. The van der Waals surface area contributed by atoms with Crippen molar-refractivity contribution in [2.75, 3.05) is 25.0 Å². The number of aliphatic carboxylic acids is 1. The first-order valence-corrected chi connectivity index (χ1v) is 16.7. The minimum absolute atomic E-state index is 0.0591. The SMILES string of the molecule is O=C(Nc1ccc(C[C@H](NC(=O)C2C[C@@H](N3CCC3)CN2S(=O)(=O)c2cc(Cl)cc(Cl)c2)C(=O)O)cc1)c1c(Cl)cncc1Cl. The van der Waals surface area contributed by atoms with Crippen molar-refractivity contribution in [1.82, 2.24) is 19.5 Å². The molecule has 0 spiro atoms. The van der Waals surface area contributed by atoms with Crippen molar-refractivity contribution in [3.8, 4) is 0 Å². The van der Waals surface area contributed by atoms with Gasteiger partial charge in [-0.15, -0.1) is 0 Å². The maximum atomic E-state index is 13.7. The van der Waals surface area contributed by atoms with Gasteiger partial charge < -0.3 is 15.7 Å². The molecule has 2 aliphatic rings. The lowest BCUT2D eigenvalue weighted by Crippen LogP contribution is -2.51. The van der Waals surface area contributed by atoms with Crippen LogP contribution < -0.4 is 10.6 Å². The maximum absolute atomic E-state index is 13.7. The van der Waals surface area contributed by atoms with Gasteiger partial charge in [-0.25, -0.2) is 13.2 Å². The lowest BCUT2D eigenvalue weighted by Gasteiger charge is -2.36. The van der Waals surface area contributed by atoms with Gasteiger partial charge in [0.15, 0.2) is 0 Å². The normalized spacial score (nSPS) is 19.5.